The molecule has 0 spiro atoms. The van der Waals surface area contributed by atoms with Gasteiger partial charge in [-0.1, -0.05) is 17.7 Å². The van der Waals surface area contributed by atoms with E-state index >= 15 is 0 Å². The number of hydrogen-bond acceptors (Lipinski definition) is 2. The van der Waals surface area contributed by atoms with Crippen LogP contribution < -0.4 is 5.32 Å². The molecule has 104 valence electrons. The molecule has 1 N–H and O–H groups in total. The van der Waals surface area contributed by atoms with Gasteiger partial charge in [0.05, 0.1) is 6.54 Å². The number of piperidine rings is 1. The number of halogens is 1. The lowest BCUT2D eigenvalue weighted by Gasteiger charge is -2.27. The van der Waals surface area contributed by atoms with Crippen LogP contribution in [-0.4, -0.2) is 36.6 Å². The molecule has 0 unspecified atom stereocenters. The van der Waals surface area contributed by atoms with Gasteiger partial charge in [-0.25, -0.2) is 4.39 Å². The lowest BCUT2D eigenvalue weighted by molar-refractivity contribution is -0.117. The van der Waals surface area contributed by atoms with Crippen molar-refractivity contribution in [2.45, 2.75) is 32.9 Å². The number of nitrogens with zero attached hydrogens (tertiary/aromatic N) is 1. The van der Waals surface area contributed by atoms with Crippen LogP contribution in [0.2, 0.25) is 0 Å². The third kappa shape index (κ3) is 4.03. The molecule has 0 aromatic heterocycles. The molecule has 0 atom stereocenters. The van der Waals surface area contributed by atoms with Gasteiger partial charge in [0.1, 0.15) is 6.17 Å². The van der Waals surface area contributed by atoms with E-state index < -0.39 is 6.17 Å². The van der Waals surface area contributed by atoms with Crippen LogP contribution in [0.15, 0.2) is 18.2 Å². The lowest BCUT2D eigenvalue weighted by atomic mass is 10.1. The zero-order valence-electron chi connectivity index (χ0n) is 11.6. The summed E-state index contributed by atoms with van der Waals surface area (Å²) in [6.45, 7) is 5.69. The Labute approximate surface area is 113 Å². The monoisotopic (exact) mass is 264 g/mol. The Morgan fingerprint density at radius 3 is 2.68 bits per heavy atom. The maximum Gasteiger partial charge on any atom is 0.238 e. The second-order valence-electron chi connectivity index (χ2n) is 5.32. The van der Waals surface area contributed by atoms with E-state index in [1.165, 1.54) is 5.56 Å². The minimum Gasteiger partial charge on any atom is -0.325 e. The molecule has 1 fully saturated rings. The summed E-state index contributed by atoms with van der Waals surface area (Å²) in [6, 6.07) is 5.96. The lowest BCUT2D eigenvalue weighted by Crippen LogP contribution is -2.39. The van der Waals surface area contributed by atoms with Crippen LogP contribution in [0.1, 0.15) is 24.0 Å². The number of alkyl halides is 1. The normalized spacial score (nSPS) is 17.4. The van der Waals surface area contributed by atoms with Gasteiger partial charge >= 0.3 is 0 Å². The van der Waals surface area contributed by atoms with Gasteiger partial charge in [0.25, 0.3) is 0 Å². The summed E-state index contributed by atoms with van der Waals surface area (Å²) in [4.78, 5) is 14.0. The minimum atomic E-state index is -0.696. The topological polar surface area (TPSA) is 32.3 Å². The number of aryl methyl sites for hydroxylation is 2. The number of likely N-dealkylation sites (tertiary alicyclic amines) is 1. The van der Waals surface area contributed by atoms with Crippen LogP contribution in [-0.2, 0) is 4.79 Å². The fourth-order valence-electron chi connectivity index (χ4n) is 2.41. The molecule has 1 heterocycles. The third-order valence-electron chi connectivity index (χ3n) is 3.54. The zero-order valence-corrected chi connectivity index (χ0v) is 11.6. The highest BCUT2D eigenvalue weighted by Gasteiger charge is 2.20. The predicted molar refractivity (Wildman–Crippen MR) is 75.1 cm³/mol. The van der Waals surface area contributed by atoms with Gasteiger partial charge in [-0.15, -0.1) is 0 Å². The highest BCUT2D eigenvalue weighted by atomic mass is 19.1. The van der Waals surface area contributed by atoms with Gasteiger partial charge < -0.3 is 5.32 Å². The molecule has 0 radical (unpaired) electrons. The largest absolute Gasteiger partial charge is 0.325 e. The summed E-state index contributed by atoms with van der Waals surface area (Å²) in [5.74, 6) is -0.0238. The molecule has 1 aliphatic rings. The molecule has 2 rings (SSSR count). The first kappa shape index (κ1) is 14.0. The minimum absolute atomic E-state index is 0.0238. The van der Waals surface area contributed by atoms with Gasteiger partial charge in [0, 0.05) is 18.8 Å². The average molecular weight is 264 g/mol. The van der Waals surface area contributed by atoms with Crippen molar-refractivity contribution in [3.63, 3.8) is 0 Å². The molecular formula is C15H21FN2O. The molecule has 0 bridgehead atoms. The molecule has 1 aromatic carbocycles. The fraction of sp³-hybridized carbons (Fsp3) is 0.533. The SMILES string of the molecule is Cc1ccc(NC(=O)CN2CCC(F)CC2)c(C)c1. The van der Waals surface area contributed by atoms with E-state index in [1.807, 2.05) is 36.9 Å². The molecule has 1 aliphatic heterocycles. The van der Waals surface area contributed by atoms with Crippen molar-refractivity contribution < 1.29 is 9.18 Å². The molecule has 1 aromatic rings. The van der Waals surface area contributed by atoms with Gasteiger partial charge in [-0.05, 0) is 38.3 Å². The molecule has 3 nitrogen and oxygen atoms in total. The highest BCUT2D eigenvalue weighted by molar-refractivity contribution is 5.93. The van der Waals surface area contributed by atoms with Crippen molar-refractivity contribution in [2.24, 2.45) is 0 Å². The molecule has 0 aliphatic carbocycles. The summed E-state index contributed by atoms with van der Waals surface area (Å²) in [5.41, 5.74) is 3.10. The van der Waals surface area contributed by atoms with Crippen molar-refractivity contribution in [3.05, 3.63) is 29.3 Å². The first-order valence-electron chi connectivity index (χ1n) is 6.78. The first-order chi connectivity index (χ1) is 9.04. The summed E-state index contributed by atoms with van der Waals surface area (Å²) in [5, 5.41) is 2.92. The van der Waals surface area contributed by atoms with Crippen LogP contribution in [0.3, 0.4) is 0 Å². The maximum atomic E-state index is 13.0. The Kier molecular flexibility index (Phi) is 4.53. The van der Waals surface area contributed by atoms with Gasteiger partial charge in [0.15, 0.2) is 0 Å². The van der Waals surface area contributed by atoms with E-state index in [4.69, 9.17) is 0 Å². The second-order valence-corrected chi connectivity index (χ2v) is 5.32. The fourth-order valence-corrected chi connectivity index (χ4v) is 2.41. The van der Waals surface area contributed by atoms with Gasteiger partial charge in [-0.3, -0.25) is 9.69 Å². The zero-order chi connectivity index (χ0) is 13.8. The van der Waals surface area contributed by atoms with Gasteiger partial charge in [-0.2, -0.15) is 0 Å². The van der Waals surface area contributed by atoms with E-state index in [1.54, 1.807) is 0 Å². The van der Waals surface area contributed by atoms with Crippen LogP contribution in [0.5, 0.6) is 0 Å². The Morgan fingerprint density at radius 2 is 2.05 bits per heavy atom. The summed E-state index contributed by atoms with van der Waals surface area (Å²) >= 11 is 0. The quantitative estimate of drug-likeness (QED) is 0.910. The number of hydrogen-bond donors (Lipinski definition) is 1. The molecule has 0 saturated carbocycles. The first-order valence-corrected chi connectivity index (χ1v) is 6.78. The molecule has 1 amide bonds. The van der Waals surface area contributed by atoms with E-state index in [0.29, 0.717) is 32.5 Å². The van der Waals surface area contributed by atoms with Crippen molar-refractivity contribution >= 4 is 11.6 Å². The summed E-state index contributed by atoms with van der Waals surface area (Å²) < 4.78 is 13.0. The van der Waals surface area contributed by atoms with E-state index in [2.05, 4.69) is 5.32 Å². The third-order valence-corrected chi connectivity index (χ3v) is 3.54. The number of nitrogens with one attached hydrogen (secondary N) is 1. The molecule has 4 heteroatoms. The number of anilines is 1. The Hall–Kier alpha value is -1.42. The number of carbonyl (C=O) groups excluding carboxylic acids is 1. The molecule has 19 heavy (non-hydrogen) atoms. The van der Waals surface area contributed by atoms with E-state index in [0.717, 1.165) is 11.3 Å². The standard InChI is InChI=1S/C15H21FN2O/c1-11-3-4-14(12(2)9-11)17-15(19)10-18-7-5-13(16)6-8-18/h3-4,9,13H,5-8,10H2,1-2H3,(H,17,19). The van der Waals surface area contributed by atoms with Crippen molar-refractivity contribution in [2.75, 3.05) is 25.0 Å². The smallest absolute Gasteiger partial charge is 0.238 e. The van der Waals surface area contributed by atoms with Gasteiger partial charge in [0.2, 0.25) is 5.91 Å². The number of amides is 1. The van der Waals surface area contributed by atoms with Crippen LogP contribution in [0.25, 0.3) is 0 Å². The molecular weight excluding hydrogens is 243 g/mol. The number of benzene rings is 1. The van der Waals surface area contributed by atoms with Crippen molar-refractivity contribution in [1.29, 1.82) is 0 Å². The van der Waals surface area contributed by atoms with E-state index in [-0.39, 0.29) is 5.91 Å². The maximum absolute atomic E-state index is 13.0. The highest BCUT2D eigenvalue weighted by Crippen LogP contribution is 2.17. The van der Waals surface area contributed by atoms with Crippen LogP contribution >= 0.6 is 0 Å². The number of rotatable bonds is 3. The number of carbonyl (C=O) groups is 1. The average Bonchev–Trinajstić information content (AvgIpc) is 2.36. The second kappa shape index (κ2) is 6.15. The summed E-state index contributed by atoms with van der Waals surface area (Å²) in [6.07, 6.45) is 0.381. The van der Waals surface area contributed by atoms with Crippen LogP contribution in [0, 0.1) is 13.8 Å². The van der Waals surface area contributed by atoms with Crippen LogP contribution in [0.4, 0.5) is 10.1 Å². The Morgan fingerprint density at radius 1 is 1.37 bits per heavy atom. The Bertz CT molecular complexity index is 453. The van der Waals surface area contributed by atoms with Crippen molar-refractivity contribution in [1.82, 2.24) is 4.90 Å². The predicted octanol–water partition coefficient (Wildman–Crippen LogP) is 2.68. The Balaban J connectivity index is 1.87. The molecule has 1 saturated heterocycles. The summed E-state index contributed by atoms with van der Waals surface area (Å²) in [7, 11) is 0. The van der Waals surface area contributed by atoms with E-state index in [9.17, 15) is 9.18 Å². The van der Waals surface area contributed by atoms with Crippen molar-refractivity contribution in [3.8, 4) is 0 Å².